The Bertz CT molecular complexity index is 753. The average Bonchev–Trinajstić information content (AvgIpc) is 3.00. The average molecular weight is 337 g/mol. The van der Waals surface area contributed by atoms with Crippen LogP contribution >= 0.6 is 0 Å². The zero-order valence-corrected chi connectivity index (χ0v) is 13.1. The van der Waals surface area contributed by atoms with Gasteiger partial charge in [0.15, 0.2) is 0 Å². The van der Waals surface area contributed by atoms with Crippen molar-refractivity contribution in [1.82, 2.24) is 14.5 Å². The topological polar surface area (TPSA) is 72.4 Å². The zero-order chi connectivity index (χ0) is 16.3. The molecule has 0 spiro atoms. The summed E-state index contributed by atoms with van der Waals surface area (Å²) in [5.74, 6) is -0.148. The molecular weight excluding hydrogens is 321 g/mol. The Morgan fingerprint density at radius 3 is 2.74 bits per heavy atom. The molecule has 0 bridgehead atoms. The van der Waals surface area contributed by atoms with E-state index in [4.69, 9.17) is 4.74 Å². The van der Waals surface area contributed by atoms with Crippen LogP contribution < -0.4 is 4.74 Å². The number of hydrogen-bond acceptors (Lipinski definition) is 5. The van der Waals surface area contributed by atoms with Gasteiger partial charge in [-0.25, -0.2) is 12.8 Å². The van der Waals surface area contributed by atoms with Crippen LogP contribution in [0, 0.1) is 5.82 Å². The molecule has 8 heteroatoms. The largest absolute Gasteiger partial charge is 0.472 e. The summed E-state index contributed by atoms with van der Waals surface area (Å²) in [7, 11) is -3.46. The summed E-state index contributed by atoms with van der Waals surface area (Å²) in [6, 6.07) is 8.87. The molecule has 1 fully saturated rings. The fourth-order valence-corrected chi connectivity index (χ4v) is 4.02. The van der Waals surface area contributed by atoms with E-state index in [2.05, 4.69) is 10.2 Å². The molecular formula is C15H16FN3O3S. The van der Waals surface area contributed by atoms with Crippen LogP contribution in [0.3, 0.4) is 0 Å². The molecule has 6 nitrogen and oxygen atoms in total. The molecule has 1 unspecified atom stereocenters. The van der Waals surface area contributed by atoms with Crippen LogP contribution in [0.2, 0.25) is 0 Å². The van der Waals surface area contributed by atoms with Crippen molar-refractivity contribution in [2.45, 2.75) is 18.3 Å². The molecule has 0 N–H and O–H groups in total. The lowest BCUT2D eigenvalue weighted by molar-refractivity contribution is 0.204. The summed E-state index contributed by atoms with van der Waals surface area (Å²) in [5, 5.41) is 7.55. The molecule has 1 saturated heterocycles. The second-order valence-electron chi connectivity index (χ2n) is 5.33. The van der Waals surface area contributed by atoms with E-state index in [0.717, 1.165) is 0 Å². The van der Waals surface area contributed by atoms with E-state index in [1.165, 1.54) is 28.6 Å². The maximum atomic E-state index is 12.9. The van der Waals surface area contributed by atoms with E-state index >= 15 is 0 Å². The van der Waals surface area contributed by atoms with E-state index in [1.807, 2.05) is 0 Å². The Morgan fingerprint density at radius 2 is 2.04 bits per heavy atom. The lowest BCUT2D eigenvalue weighted by Gasteiger charge is -2.17. The first-order valence-corrected chi connectivity index (χ1v) is 8.80. The molecule has 0 radical (unpaired) electrons. The summed E-state index contributed by atoms with van der Waals surface area (Å²) in [6.07, 6.45) is 1.90. The van der Waals surface area contributed by atoms with E-state index < -0.39 is 10.0 Å². The van der Waals surface area contributed by atoms with Crippen LogP contribution in [0.1, 0.15) is 12.0 Å². The molecule has 0 aliphatic carbocycles. The molecule has 0 amide bonds. The number of benzene rings is 1. The summed E-state index contributed by atoms with van der Waals surface area (Å²) in [4.78, 5) is 0. The number of ether oxygens (including phenoxy) is 1. The Balaban J connectivity index is 1.62. The molecule has 23 heavy (non-hydrogen) atoms. The van der Waals surface area contributed by atoms with Crippen LogP contribution in [0.4, 0.5) is 4.39 Å². The van der Waals surface area contributed by atoms with Crippen molar-refractivity contribution in [3.8, 4) is 5.88 Å². The Labute approximate surface area is 134 Å². The number of hydrogen-bond donors (Lipinski definition) is 0. The standard InChI is InChI=1S/C15H16FN3O3S/c16-13-5-3-12(4-6-13)11-23(20,21)19-9-7-14(10-19)22-15-2-1-8-17-18-15/h1-6,8,14H,7,9-11H2. The molecule has 0 saturated carbocycles. The highest BCUT2D eigenvalue weighted by Crippen LogP contribution is 2.21. The van der Waals surface area contributed by atoms with Gasteiger partial charge in [-0.15, -0.1) is 5.10 Å². The van der Waals surface area contributed by atoms with Crippen molar-refractivity contribution in [3.63, 3.8) is 0 Å². The van der Waals surface area contributed by atoms with Gasteiger partial charge in [-0.2, -0.15) is 9.40 Å². The monoisotopic (exact) mass is 337 g/mol. The van der Waals surface area contributed by atoms with Crippen LogP contribution in [0.15, 0.2) is 42.6 Å². The highest BCUT2D eigenvalue weighted by molar-refractivity contribution is 7.88. The fourth-order valence-electron chi connectivity index (χ4n) is 2.45. The third kappa shape index (κ3) is 4.02. The SMILES string of the molecule is O=S(=O)(Cc1ccc(F)cc1)N1CCC(Oc2cccnn2)C1. The number of nitrogens with zero attached hydrogens (tertiary/aromatic N) is 3. The van der Waals surface area contributed by atoms with Crippen LogP contribution in [-0.2, 0) is 15.8 Å². The molecule has 1 atom stereocenters. The van der Waals surface area contributed by atoms with Crippen LogP contribution in [0.25, 0.3) is 0 Å². The predicted molar refractivity (Wildman–Crippen MR) is 81.7 cm³/mol. The first kappa shape index (κ1) is 15.8. The molecule has 1 aromatic carbocycles. The molecule has 122 valence electrons. The zero-order valence-electron chi connectivity index (χ0n) is 12.3. The Morgan fingerprint density at radius 1 is 1.26 bits per heavy atom. The first-order valence-electron chi connectivity index (χ1n) is 7.19. The minimum absolute atomic E-state index is 0.148. The molecule has 3 rings (SSSR count). The summed E-state index contributed by atoms with van der Waals surface area (Å²) in [6.45, 7) is 0.675. The van der Waals surface area contributed by atoms with E-state index in [0.29, 0.717) is 24.4 Å². The lowest BCUT2D eigenvalue weighted by atomic mass is 10.2. The van der Waals surface area contributed by atoms with Gasteiger partial charge < -0.3 is 4.74 Å². The van der Waals surface area contributed by atoms with Crippen LogP contribution in [-0.4, -0.2) is 42.1 Å². The highest BCUT2D eigenvalue weighted by Gasteiger charge is 2.32. The summed E-state index contributed by atoms with van der Waals surface area (Å²) >= 11 is 0. The third-order valence-corrected chi connectivity index (χ3v) is 5.42. The number of sulfonamides is 1. The second-order valence-corrected chi connectivity index (χ2v) is 7.30. The van der Waals surface area contributed by atoms with Gasteiger partial charge in [-0.3, -0.25) is 0 Å². The quantitative estimate of drug-likeness (QED) is 0.829. The van der Waals surface area contributed by atoms with E-state index in [1.54, 1.807) is 18.3 Å². The van der Waals surface area contributed by atoms with Gasteiger partial charge >= 0.3 is 0 Å². The lowest BCUT2D eigenvalue weighted by Crippen LogP contribution is -2.32. The van der Waals surface area contributed by atoms with Gasteiger partial charge in [-0.1, -0.05) is 12.1 Å². The number of halogens is 1. The van der Waals surface area contributed by atoms with Gasteiger partial charge in [0, 0.05) is 18.8 Å². The molecule has 1 aromatic heterocycles. The maximum Gasteiger partial charge on any atom is 0.233 e. The highest BCUT2D eigenvalue weighted by atomic mass is 32.2. The maximum absolute atomic E-state index is 12.9. The molecule has 1 aliphatic rings. The minimum atomic E-state index is -3.46. The van der Waals surface area contributed by atoms with E-state index in [-0.39, 0.29) is 24.2 Å². The molecule has 1 aliphatic heterocycles. The molecule has 2 aromatic rings. The number of aromatic nitrogens is 2. The fraction of sp³-hybridized carbons (Fsp3) is 0.333. The minimum Gasteiger partial charge on any atom is -0.472 e. The van der Waals surface area contributed by atoms with Gasteiger partial charge in [0.2, 0.25) is 15.9 Å². The summed E-state index contributed by atoms with van der Waals surface area (Å²) < 4.78 is 44.8. The number of rotatable bonds is 5. The smallest absolute Gasteiger partial charge is 0.233 e. The molecule has 2 heterocycles. The first-order chi connectivity index (χ1) is 11.0. The summed E-state index contributed by atoms with van der Waals surface area (Å²) in [5.41, 5.74) is 0.560. The van der Waals surface area contributed by atoms with Crippen molar-refractivity contribution < 1.29 is 17.5 Å². The Kier molecular flexibility index (Phi) is 4.53. The van der Waals surface area contributed by atoms with Crippen molar-refractivity contribution in [3.05, 3.63) is 54.0 Å². The predicted octanol–water partition coefficient (Wildman–Crippen LogP) is 1.60. The van der Waals surface area contributed by atoms with Gasteiger partial charge in [0.25, 0.3) is 0 Å². The van der Waals surface area contributed by atoms with Crippen molar-refractivity contribution in [1.29, 1.82) is 0 Å². The van der Waals surface area contributed by atoms with Gasteiger partial charge in [0.1, 0.15) is 11.9 Å². The second kappa shape index (κ2) is 6.59. The van der Waals surface area contributed by atoms with Gasteiger partial charge in [-0.05, 0) is 30.2 Å². The van der Waals surface area contributed by atoms with Crippen molar-refractivity contribution in [2.24, 2.45) is 0 Å². The normalized spacial score (nSPS) is 18.9. The van der Waals surface area contributed by atoms with Crippen molar-refractivity contribution >= 4 is 10.0 Å². The van der Waals surface area contributed by atoms with Crippen LogP contribution in [0.5, 0.6) is 5.88 Å². The third-order valence-electron chi connectivity index (χ3n) is 3.60. The van der Waals surface area contributed by atoms with Gasteiger partial charge in [0.05, 0.1) is 12.3 Å². The van der Waals surface area contributed by atoms with E-state index in [9.17, 15) is 12.8 Å². The van der Waals surface area contributed by atoms with Crippen molar-refractivity contribution in [2.75, 3.05) is 13.1 Å². The Hall–Kier alpha value is -2.06.